The van der Waals surface area contributed by atoms with Crippen molar-refractivity contribution >= 4 is 11.6 Å². The summed E-state index contributed by atoms with van der Waals surface area (Å²) in [6, 6.07) is -0.0289. The minimum Gasteiger partial charge on any atom is -0.854 e. The van der Waals surface area contributed by atoms with Gasteiger partial charge in [-0.1, -0.05) is 4.68 Å². The lowest BCUT2D eigenvalue weighted by molar-refractivity contribution is -0.742. The molecule has 1 N–H and O–H groups in total. The van der Waals surface area contributed by atoms with Crippen molar-refractivity contribution in [2.75, 3.05) is 0 Å². The Labute approximate surface area is 107 Å². The first kappa shape index (κ1) is 13.8. The van der Waals surface area contributed by atoms with Crippen LogP contribution in [0.15, 0.2) is 20.4 Å². The van der Waals surface area contributed by atoms with Gasteiger partial charge in [0.15, 0.2) is 30.3 Å². The molecule has 0 atom stereocenters. The molecule has 0 aliphatic carbocycles. The molecule has 0 radical (unpaired) electrons. The molecule has 10 heteroatoms. The summed E-state index contributed by atoms with van der Waals surface area (Å²) in [6.07, 6.45) is 0. The first-order chi connectivity index (χ1) is 9.32. The van der Waals surface area contributed by atoms with Crippen LogP contribution in [0.4, 0.5) is 23.2 Å². The van der Waals surface area contributed by atoms with Crippen LogP contribution < -0.4 is 15.4 Å². The fourth-order valence-electron chi connectivity index (χ4n) is 1.38. The average Bonchev–Trinajstić information content (AvgIpc) is 2.72. The van der Waals surface area contributed by atoms with Crippen LogP contribution in [0.25, 0.3) is 0 Å². The van der Waals surface area contributed by atoms with Crippen molar-refractivity contribution in [3.8, 4) is 0 Å². The molecule has 0 aliphatic rings. The molecule has 106 valence electrons. The molecule has 0 unspecified atom stereocenters. The third kappa shape index (κ3) is 2.15. The van der Waals surface area contributed by atoms with Crippen LogP contribution in [0.5, 0.6) is 0 Å². The van der Waals surface area contributed by atoms with E-state index < -0.39 is 46.2 Å². The topological polar surface area (TPSA) is 85.3 Å². The number of aliphatic imine (C=N–C) groups is 1. The smallest absolute Gasteiger partial charge is 0.435 e. The Morgan fingerprint density at radius 1 is 1.30 bits per heavy atom. The van der Waals surface area contributed by atoms with Gasteiger partial charge in [-0.2, -0.15) is 0 Å². The zero-order valence-corrected chi connectivity index (χ0v) is 9.71. The number of aromatic amines is 1. The van der Waals surface area contributed by atoms with Crippen LogP contribution in [0.2, 0.25) is 0 Å². The van der Waals surface area contributed by atoms with Gasteiger partial charge in [0.2, 0.25) is 0 Å². The van der Waals surface area contributed by atoms with E-state index in [1.165, 1.54) is 7.05 Å². The van der Waals surface area contributed by atoms with E-state index in [1.807, 2.05) is 5.27 Å². The van der Waals surface area contributed by atoms with Crippen molar-refractivity contribution in [3.05, 3.63) is 45.4 Å². The second-order valence-electron chi connectivity index (χ2n) is 3.62. The molecule has 1 aromatic heterocycles. The molecule has 1 aromatic carbocycles. The molecule has 0 saturated carbocycles. The molecule has 2 rings (SSSR count). The van der Waals surface area contributed by atoms with Crippen LogP contribution in [-0.2, 0) is 7.05 Å². The minimum atomic E-state index is -1.85. The fraction of sp³-hybridized carbons (Fsp3) is 0.100. The van der Waals surface area contributed by atoms with Gasteiger partial charge in [0.1, 0.15) is 5.69 Å². The highest BCUT2D eigenvalue weighted by molar-refractivity contribution is 5.88. The molecule has 6 nitrogen and oxygen atoms in total. The van der Waals surface area contributed by atoms with E-state index >= 15 is 0 Å². The summed E-state index contributed by atoms with van der Waals surface area (Å²) in [5, 5.41) is 13.6. The largest absolute Gasteiger partial charge is 0.854 e. The molecule has 1 heterocycles. The van der Waals surface area contributed by atoms with Gasteiger partial charge < -0.3 is 5.11 Å². The summed E-state index contributed by atoms with van der Waals surface area (Å²) in [5.74, 6) is -8.56. The Hall–Kier alpha value is -2.65. The highest BCUT2D eigenvalue weighted by Gasteiger charge is 2.22. The Morgan fingerprint density at radius 3 is 2.30 bits per heavy atom. The van der Waals surface area contributed by atoms with Gasteiger partial charge >= 0.3 is 11.3 Å². The molecule has 0 saturated heterocycles. The van der Waals surface area contributed by atoms with E-state index in [0.717, 1.165) is 4.68 Å². The van der Waals surface area contributed by atoms with E-state index in [4.69, 9.17) is 0 Å². The molecule has 0 fully saturated rings. The summed E-state index contributed by atoms with van der Waals surface area (Å²) >= 11 is 0. The average molecular weight is 291 g/mol. The third-order valence-electron chi connectivity index (χ3n) is 2.31. The standard InChI is InChI=1S/C10H5F4N3O3/c1-17-8(10(19)20-16-17)9(18)15-7-5(13)3(11)2-4(12)6(7)14/h2H,1H3,(H-,15,16,18,19). The van der Waals surface area contributed by atoms with Crippen LogP contribution in [0.3, 0.4) is 0 Å². The van der Waals surface area contributed by atoms with Gasteiger partial charge in [0, 0.05) is 6.07 Å². The SMILES string of the molecule is C[n+]1[nH]oc(=O)c1C([O-])=Nc1c(F)c(F)cc(F)c1F. The molecular formula is C10H5F4N3O3. The Balaban J connectivity index is 2.65. The minimum absolute atomic E-state index is 0.0289. The predicted molar refractivity (Wildman–Crippen MR) is 53.0 cm³/mol. The van der Waals surface area contributed by atoms with Crippen molar-refractivity contribution < 1.29 is 31.9 Å². The third-order valence-corrected chi connectivity index (χ3v) is 2.31. The number of nitrogens with zero attached hydrogens (tertiary/aromatic N) is 2. The van der Waals surface area contributed by atoms with Crippen molar-refractivity contribution in [1.82, 2.24) is 5.27 Å². The van der Waals surface area contributed by atoms with Gasteiger partial charge in [0.25, 0.3) is 0 Å². The van der Waals surface area contributed by atoms with Gasteiger partial charge in [-0.25, -0.2) is 22.4 Å². The number of hydrogen-bond donors (Lipinski definition) is 1. The van der Waals surface area contributed by atoms with E-state index in [2.05, 4.69) is 9.52 Å². The van der Waals surface area contributed by atoms with Crippen molar-refractivity contribution in [1.29, 1.82) is 0 Å². The van der Waals surface area contributed by atoms with Crippen LogP contribution in [0, 0.1) is 23.3 Å². The van der Waals surface area contributed by atoms with Gasteiger partial charge in [-0.05, 0) is 5.27 Å². The summed E-state index contributed by atoms with van der Waals surface area (Å²) in [6.45, 7) is 0. The van der Waals surface area contributed by atoms with Crippen molar-refractivity contribution in [3.63, 3.8) is 0 Å². The number of benzene rings is 1. The highest BCUT2D eigenvalue weighted by Crippen LogP contribution is 2.26. The fourth-order valence-corrected chi connectivity index (χ4v) is 1.38. The maximum atomic E-state index is 13.3. The van der Waals surface area contributed by atoms with Gasteiger partial charge in [-0.15, -0.1) is 0 Å². The monoisotopic (exact) mass is 291 g/mol. The van der Waals surface area contributed by atoms with Crippen LogP contribution in [0.1, 0.15) is 5.69 Å². The lowest BCUT2D eigenvalue weighted by atomic mass is 10.2. The maximum Gasteiger partial charge on any atom is 0.435 e. The number of hydrogen-bond acceptors (Lipinski definition) is 4. The molecule has 0 aliphatic heterocycles. The summed E-state index contributed by atoms with van der Waals surface area (Å²) in [5.41, 5.74) is -3.32. The normalized spacial score (nSPS) is 11.9. The first-order valence-electron chi connectivity index (χ1n) is 4.99. The maximum absolute atomic E-state index is 13.3. The van der Waals surface area contributed by atoms with Crippen molar-refractivity contribution in [2.45, 2.75) is 0 Å². The summed E-state index contributed by atoms with van der Waals surface area (Å²) < 4.78 is 57.5. The van der Waals surface area contributed by atoms with E-state index in [9.17, 15) is 27.5 Å². The van der Waals surface area contributed by atoms with Crippen LogP contribution >= 0.6 is 0 Å². The summed E-state index contributed by atoms with van der Waals surface area (Å²) in [4.78, 5) is 14.0. The highest BCUT2D eigenvalue weighted by atomic mass is 19.2. The number of H-pyrrole nitrogens is 1. The molecule has 0 spiro atoms. The molecule has 2 aromatic rings. The van der Waals surface area contributed by atoms with Gasteiger partial charge in [-0.3, -0.25) is 9.52 Å². The molecule has 0 amide bonds. The first-order valence-corrected chi connectivity index (χ1v) is 4.99. The Morgan fingerprint density at radius 2 is 1.85 bits per heavy atom. The van der Waals surface area contributed by atoms with E-state index in [1.54, 1.807) is 0 Å². The lowest BCUT2D eigenvalue weighted by Crippen LogP contribution is -2.43. The van der Waals surface area contributed by atoms with E-state index in [-0.39, 0.29) is 6.07 Å². The molecule has 20 heavy (non-hydrogen) atoms. The van der Waals surface area contributed by atoms with Crippen molar-refractivity contribution in [2.24, 2.45) is 12.0 Å². The zero-order chi connectivity index (χ0) is 15.0. The number of aromatic nitrogens is 2. The van der Waals surface area contributed by atoms with E-state index in [0.29, 0.717) is 0 Å². The molecular weight excluding hydrogens is 286 g/mol. The quantitative estimate of drug-likeness (QED) is 0.273. The number of aryl methyl sites for hydroxylation is 1. The molecule has 0 bridgehead atoms. The lowest BCUT2D eigenvalue weighted by Gasteiger charge is -2.06. The predicted octanol–water partition coefficient (Wildman–Crippen LogP) is -0.213. The Bertz CT molecular complexity index is 740. The summed E-state index contributed by atoms with van der Waals surface area (Å²) in [7, 11) is 1.19. The number of nitrogens with one attached hydrogen (secondary N) is 1. The second kappa shape index (κ2) is 4.79. The number of rotatable bonds is 2. The Kier molecular flexibility index (Phi) is 3.30. The van der Waals surface area contributed by atoms with Crippen LogP contribution in [-0.4, -0.2) is 11.2 Å². The number of halogens is 4. The second-order valence-corrected chi connectivity index (χ2v) is 3.62. The zero-order valence-electron chi connectivity index (χ0n) is 9.71. The van der Waals surface area contributed by atoms with Gasteiger partial charge in [0.05, 0.1) is 5.90 Å².